The van der Waals surface area contributed by atoms with Crippen LogP contribution < -0.4 is 5.32 Å². The van der Waals surface area contributed by atoms with Gasteiger partial charge in [0, 0.05) is 13.2 Å². The van der Waals surface area contributed by atoms with Crippen LogP contribution in [0.1, 0.15) is 64.7 Å². The molecule has 1 heterocycles. The maximum atomic E-state index is 12.6. The van der Waals surface area contributed by atoms with Gasteiger partial charge in [-0.15, -0.1) is 0 Å². The SMILES string of the molecule is CNC1CC[C@H]2C(=O)OC(C)CCCC(O)C(O)C(O)CCCC2C1.CO. The fourth-order valence-electron chi connectivity index (χ4n) is 4.30. The summed E-state index contributed by atoms with van der Waals surface area (Å²) < 4.78 is 5.66. The summed E-state index contributed by atoms with van der Waals surface area (Å²) in [6.45, 7) is 1.88. The molecule has 27 heavy (non-hydrogen) atoms. The Balaban J connectivity index is 0.00000176. The number of rotatable bonds is 1. The van der Waals surface area contributed by atoms with Crippen molar-refractivity contribution in [2.75, 3.05) is 14.2 Å². The van der Waals surface area contributed by atoms with Gasteiger partial charge in [-0.05, 0) is 71.3 Å². The zero-order chi connectivity index (χ0) is 20.4. The monoisotopic (exact) mass is 389 g/mol. The van der Waals surface area contributed by atoms with Crippen molar-refractivity contribution in [3.63, 3.8) is 0 Å². The highest BCUT2D eigenvalue weighted by Gasteiger charge is 2.36. The van der Waals surface area contributed by atoms with Crippen molar-refractivity contribution in [1.82, 2.24) is 5.32 Å². The summed E-state index contributed by atoms with van der Waals surface area (Å²) in [7, 11) is 2.95. The standard InChI is InChI=1S/C19H35NO5.CH4O/c1-12-5-3-7-16(21)18(23)17(22)8-4-6-13-11-14(20-2)9-10-15(13)19(24)25-12;1-2/h12-18,20-23H,3-11H2,1-2H3;2H,1H3/t12?,13?,14?,15-,16?,17?,18?;/m1./s1. The molecule has 2 rings (SSSR count). The number of hydrogen-bond donors (Lipinski definition) is 5. The molecule has 7 heteroatoms. The van der Waals surface area contributed by atoms with Gasteiger partial charge in [0.1, 0.15) is 6.10 Å². The Bertz CT molecular complexity index is 421. The minimum Gasteiger partial charge on any atom is -0.462 e. The molecule has 0 aromatic heterocycles. The van der Waals surface area contributed by atoms with Crippen LogP contribution in [0.15, 0.2) is 0 Å². The highest BCUT2D eigenvalue weighted by molar-refractivity contribution is 5.73. The van der Waals surface area contributed by atoms with E-state index in [2.05, 4.69) is 5.32 Å². The number of fused-ring (bicyclic) bond motifs is 1. The van der Waals surface area contributed by atoms with Crippen molar-refractivity contribution in [3.05, 3.63) is 0 Å². The number of carbonyl (C=O) groups is 1. The van der Waals surface area contributed by atoms with E-state index in [1.807, 2.05) is 14.0 Å². The molecule has 2 aliphatic rings. The summed E-state index contributed by atoms with van der Waals surface area (Å²) in [5.74, 6) is 0.0796. The van der Waals surface area contributed by atoms with Gasteiger partial charge in [-0.1, -0.05) is 6.42 Å². The average Bonchev–Trinajstić information content (AvgIpc) is 2.67. The van der Waals surface area contributed by atoms with Crippen molar-refractivity contribution in [1.29, 1.82) is 0 Å². The van der Waals surface area contributed by atoms with Gasteiger partial charge in [0.2, 0.25) is 0 Å². The van der Waals surface area contributed by atoms with Crippen LogP contribution in [-0.4, -0.2) is 71.0 Å². The summed E-state index contributed by atoms with van der Waals surface area (Å²) in [4.78, 5) is 12.6. The summed E-state index contributed by atoms with van der Waals surface area (Å²) in [5.41, 5.74) is 0. The lowest BCUT2D eigenvalue weighted by Gasteiger charge is -2.36. The topological polar surface area (TPSA) is 119 Å². The lowest BCUT2D eigenvalue weighted by molar-refractivity contribution is -0.157. The van der Waals surface area contributed by atoms with Crippen LogP contribution in [0.3, 0.4) is 0 Å². The molecule has 0 aromatic rings. The van der Waals surface area contributed by atoms with Crippen LogP contribution >= 0.6 is 0 Å². The number of carbonyl (C=O) groups excluding carboxylic acids is 1. The van der Waals surface area contributed by atoms with Crippen LogP contribution in [0, 0.1) is 11.8 Å². The minimum atomic E-state index is -1.10. The molecule has 1 saturated carbocycles. The maximum absolute atomic E-state index is 12.6. The second-order valence-corrected chi connectivity index (χ2v) is 7.90. The molecule has 1 aliphatic heterocycles. The Morgan fingerprint density at radius 2 is 1.52 bits per heavy atom. The van der Waals surface area contributed by atoms with Gasteiger partial charge in [0.05, 0.1) is 24.2 Å². The number of aliphatic hydroxyl groups is 4. The van der Waals surface area contributed by atoms with Crippen LogP contribution in [0.25, 0.3) is 0 Å². The van der Waals surface area contributed by atoms with Crippen LogP contribution in [-0.2, 0) is 9.53 Å². The minimum absolute atomic E-state index is 0.0670. The van der Waals surface area contributed by atoms with E-state index in [1.165, 1.54) is 0 Å². The normalized spacial score (nSPS) is 39.2. The molecule has 160 valence electrons. The van der Waals surface area contributed by atoms with Crippen molar-refractivity contribution >= 4 is 5.97 Å². The highest BCUT2D eigenvalue weighted by Crippen LogP contribution is 2.35. The molecule has 1 aliphatic carbocycles. The molecule has 0 bridgehead atoms. The number of esters is 1. The predicted molar refractivity (Wildman–Crippen MR) is 103 cm³/mol. The third-order valence-corrected chi connectivity index (χ3v) is 5.98. The van der Waals surface area contributed by atoms with E-state index in [0.717, 1.165) is 39.2 Å². The van der Waals surface area contributed by atoms with E-state index < -0.39 is 18.3 Å². The second-order valence-electron chi connectivity index (χ2n) is 7.90. The Morgan fingerprint density at radius 1 is 0.926 bits per heavy atom. The average molecular weight is 390 g/mol. The summed E-state index contributed by atoms with van der Waals surface area (Å²) in [6.07, 6.45) is 3.32. The Labute approximate surface area is 163 Å². The summed E-state index contributed by atoms with van der Waals surface area (Å²) in [6, 6.07) is 0.419. The maximum Gasteiger partial charge on any atom is 0.309 e. The fourth-order valence-corrected chi connectivity index (χ4v) is 4.30. The lowest BCUT2D eigenvalue weighted by Crippen LogP contribution is -2.40. The van der Waals surface area contributed by atoms with Gasteiger partial charge < -0.3 is 30.5 Å². The van der Waals surface area contributed by atoms with Gasteiger partial charge in [0.15, 0.2) is 0 Å². The number of hydrogen-bond acceptors (Lipinski definition) is 7. The van der Waals surface area contributed by atoms with Crippen molar-refractivity contribution in [3.8, 4) is 0 Å². The second kappa shape index (κ2) is 12.7. The van der Waals surface area contributed by atoms with Crippen molar-refractivity contribution in [2.24, 2.45) is 11.8 Å². The molecule has 7 nitrogen and oxygen atoms in total. The molecule has 6 unspecified atom stereocenters. The molecule has 0 radical (unpaired) electrons. The molecule has 2 fully saturated rings. The first-order valence-corrected chi connectivity index (χ1v) is 10.3. The largest absolute Gasteiger partial charge is 0.462 e. The predicted octanol–water partition coefficient (Wildman–Crippen LogP) is 0.968. The molecular formula is C20H39NO6. The van der Waals surface area contributed by atoms with E-state index in [-0.39, 0.29) is 23.9 Å². The molecule has 5 N–H and O–H groups in total. The van der Waals surface area contributed by atoms with E-state index >= 15 is 0 Å². The number of nitrogens with one attached hydrogen (secondary N) is 1. The van der Waals surface area contributed by atoms with Gasteiger partial charge in [0.25, 0.3) is 0 Å². The van der Waals surface area contributed by atoms with E-state index in [4.69, 9.17) is 9.84 Å². The van der Waals surface area contributed by atoms with Crippen LogP contribution in [0.5, 0.6) is 0 Å². The highest BCUT2D eigenvalue weighted by atomic mass is 16.5. The van der Waals surface area contributed by atoms with Gasteiger partial charge >= 0.3 is 5.97 Å². The number of cyclic esters (lactones) is 1. The Kier molecular flexibility index (Phi) is 11.4. The van der Waals surface area contributed by atoms with E-state index in [1.54, 1.807) is 0 Å². The molecule has 7 atom stereocenters. The molecule has 0 amide bonds. The zero-order valence-electron chi connectivity index (χ0n) is 17.0. The third-order valence-electron chi connectivity index (χ3n) is 5.98. The van der Waals surface area contributed by atoms with E-state index in [9.17, 15) is 20.1 Å². The molecular weight excluding hydrogens is 350 g/mol. The third kappa shape index (κ3) is 7.66. The molecule has 0 spiro atoms. The zero-order valence-corrected chi connectivity index (χ0v) is 17.0. The van der Waals surface area contributed by atoms with Gasteiger partial charge in [-0.2, -0.15) is 0 Å². The fraction of sp³-hybridized carbons (Fsp3) is 0.950. The summed E-state index contributed by atoms with van der Waals surface area (Å²) in [5, 5.41) is 40.6. The number of ether oxygens (including phenoxy) is 1. The van der Waals surface area contributed by atoms with Crippen molar-refractivity contribution in [2.45, 2.75) is 95.2 Å². The molecule has 0 aromatic carbocycles. The number of aliphatic hydroxyl groups excluding tert-OH is 4. The first-order valence-electron chi connectivity index (χ1n) is 10.3. The van der Waals surface area contributed by atoms with E-state index in [0.29, 0.717) is 31.7 Å². The van der Waals surface area contributed by atoms with Gasteiger partial charge in [-0.25, -0.2) is 0 Å². The Morgan fingerprint density at radius 3 is 2.11 bits per heavy atom. The van der Waals surface area contributed by atoms with Crippen molar-refractivity contribution < 1.29 is 30.0 Å². The lowest BCUT2D eigenvalue weighted by atomic mass is 9.74. The summed E-state index contributed by atoms with van der Waals surface area (Å²) >= 11 is 0. The van der Waals surface area contributed by atoms with Gasteiger partial charge in [-0.3, -0.25) is 4.79 Å². The van der Waals surface area contributed by atoms with Crippen LogP contribution in [0.2, 0.25) is 0 Å². The Hall–Kier alpha value is -0.730. The first kappa shape index (κ1) is 24.3. The quantitative estimate of drug-likeness (QED) is 0.424. The smallest absolute Gasteiger partial charge is 0.309 e. The molecule has 1 saturated heterocycles. The first-order chi connectivity index (χ1) is 12.9. The van der Waals surface area contributed by atoms with Crippen LogP contribution in [0.4, 0.5) is 0 Å².